The van der Waals surface area contributed by atoms with Crippen molar-refractivity contribution in [3.63, 3.8) is 0 Å². The Balaban J connectivity index is 1.76. The van der Waals surface area contributed by atoms with E-state index in [1.807, 2.05) is 45.9 Å². The van der Waals surface area contributed by atoms with Crippen LogP contribution >= 0.6 is 0 Å². The molecule has 148 valence electrons. The van der Waals surface area contributed by atoms with Crippen molar-refractivity contribution in [2.45, 2.75) is 51.9 Å². The molecular weight excluding hydrogens is 346 g/mol. The summed E-state index contributed by atoms with van der Waals surface area (Å²) in [6.45, 7) is 10.5. The van der Waals surface area contributed by atoms with Gasteiger partial charge in [0.25, 0.3) is 0 Å². The van der Waals surface area contributed by atoms with Gasteiger partial charge >= 0.3 is 6.09 Å². The molecule has 7 nitrogen and oxygen atoms in total. The summed E-state index contributed by atoms with van der Waals surface area (Å²) >= 11 is 0. The zero-order chi connectivity index (χ0) is 19.6. The van der Waals surface area contributed by atoms with Crippen LogP contribution in [0.5, 0.6) is 0 Å². The Labute approximate surface area is 160 Å². The van der Waals surface area contributed by atoms with Crippen molar-refractivity contribution in [1.29, 1.82) is 0 Å². The molecule has 7 heteroatoms. The van der Waals surface area contributed by atoms with Crippen LogP contribution in [-0.2, 0) is 15.9 Å². The van der Waals surface area contributed by atoms with Gasteiger partial charge in [-0.15, -0.1) is 0 Å². The van der Waals surface area contributed by atoms with E-state index in [1.54, 1.807) is 0 Å². The monoisotopic (exact) mass is 375 g/mol. The lowest BCUT2D eigenvalue weighted by atomic mass is 10.1. The molecular formula is C20H29N3O4. The molecule has 1 saturated heterocycles. The van der Waals surface area contributed by atoms with Crippen LogP contribution in [0.3, 0.4) is 0 Å². The SMILES string of the molecule is CC(=Nc1ccc2c(c1)C(NC(=O)OC(C)(C)C)[C@H](O)C2)N1CCOCC1. The molecule has 2 atom stereocenters. The van der Waals surface area contributed by atoms with Crippen LogP contribution in [0.4, 0.5) is 10.5 Å². The van der Waals surface area contributed by atoms with Crippen LogP contribution in [0.2, 0.25) is 0 Å². The highest BCUT2D eigenvalue weighted by atomic mass is 16.6. The Morgan fingerprint density at radius 2 is 2.04 bits per heavy atom. The van der Waals surface area contributed by atoms with E-state index in [0.29, 0.717) is 19.6 Å². The first-order valence-electron chi connectivity index (χ1n) is 9.41. The van der Waals surface area contributed by atoms with E-state index in [9.17, 15) is 9.90 Å². The molecule has 0 aromatic heterocycles. The molecule has 1 aromatic rings. The minimum atomic E-state index is -0.674. The average molecular weight is 375 g/mol. The second-order valence-electron chi connectivity index (χ2n) is 8.04. The number of fused-ring (bicyclic) bond motifs is 1. The molecule has 1 aliphatic carbocycles. The first-order valence-corrected chi connectivity index (χ1v) is 9.41. The topological polar surface area (TPSA) is 83.4 Å². The molecule has 1 unspecified atom stereocenters. The lowest BCUT2D eigenvalue weighted by Crippen LogP contribution is -2.39. The van der Waals surface area contributed by atoms with Crippen molar-refractivity contribution in [2.75, 3.05) is 26.3 Å². The minimum Gasteiger partial charge on any atom is -0.444 e. The Morgan fingerprint density at radius 3 is 2.70 bits per heavy atom. The van der Waals surface area contributed by atoms with Gasteiger partial charge < -0.3 is 24.8 Å². The first kappa shape index (κ1) is 19.6. The highest BCUT2D eigenvalue weighted by Crippen LogP contribution is 2.34. The molecule has 0 bridgehead atoms. The number of hydrogen-bond acceptors (Lipinski definition) is 5. The van der Waals surface area contributed by atoms with Gasteiger partial charge in [0.2, 0.25) is 0 Å². The summed E-state index contributed by atoms with van der Waals surface area (Å²) in [4.78, 5) is 19.1. The zero-order valence-corrected chi connectivity index (χ0v) is 16.5. The maximum absolute atomic E-state index is 12.1. The predicted octanol–water partition coefficient (Wildman–Crippen LogP) is 2.55. The highest BCUT2D eigenvalue weighted by Gasteiger charge is 2.33. The van der Waals surface area contributed by atoms with Crippen LogP contribution in [0.1, 0.15) is 44.9 Å². The quantitative estimate of drug-likeness (QED) is 0.613. The summed E-state index contributed by atoms with van der Waals surface area (Å²) in [6, 6.07) is 5.37. The number of amidine groups is 1. The molecule has 27 heavy (non-hydrogen) atoms. The van der Waals surface area contributed by atoms with Gasteiger partial charge in [0.05, 0.1) is 31.0 Å². The standard InChI is InChI=1S/C20H29N3O4/c1-13(23-7-9-26-10-8-23)21-15-6-5-14-11-17(24)18(16(14)12-15)22-19(25)27-20(2,3)4/h5-6,12,17-18,24H,7-11H2,1-4H3,(H,22,25)/t17-,18?/m1/s1. The van der Waals surface area contributed by atoms with Crippen molar-refractivity contribution in [2.24, 2.45) is 4.99 Å². The number of nitrogens with one attached hydrogen (secondary N) is 1. The number of alkyl carbamates (subject to hydrolysis) is 1. The third-order valence-electron chi connectivity index (χ3n) is 4.71. The smallest absolute Gasteiger partial charge is 0.408 e. The summed E-state index contributed by atoms with van der Waals surface area (Å²) in [5.74, 6) is 0.938. The number of amides is 1. The average Bonchev–Trinajstić information content (AvgIpc) is 2.89. The fourth-order valence-electron chi connectivity index (χ4n) is 3.43. The molecule has 1 aromatic carbocycles. The Kier molecular flexibility index (Phi) is 5.72. The van der Waals surface area contributed by atoms with Crippen LogP contribution in [0, 0.1) is 0 Å². The van der Waals surface area contributed by atoms with Crippen molar-refractivity contribution >= 4 is 17.6 Å². The third kappa shape index (κ3) is 4.99. The van der Waals surface area contributed by atoms with Gasteiger partial charge in [-0.25, -0.2) is 9.79 Å². The number of aliphatic hydroxyl groups is 1. The van der Waals surface area contributed by atoms with Crippen LogP contribution < -0.4 is 5.32 Å². The normalized spacial score (nSPS) is 23.1. The van der Waals surface area contributed by atoms with Crippen molar-refractivity contribution in [3.8, 4) is 0 Å². The van der Waals surface area contributed by atoms with E-state index in [2.05, 4.69) is 10.2 Å². The number of aliphatic imine (C=N–C) groups is 1. The first-order chi connectivity index (χ1) is 12.7. The van der Waals surface area contributed by atoms with E-state index in [1.165, 1.54) is 0 Å². The lowest BCUT2D eigenvalue weighted by molar-refractivity contribution is 0.0438. The number of benzene rings is 1. The van der Waals surface area contributed by atoms with Gasteiger partial charge in [0, 0.05) is 19.5 Å². The zero-order valence-electron chi connectivity index (χ0n) is 16.5. The molecule has 3 rings (SSSR count). The van der Waals surface area contributed by atoms with Gasteiger partial charge in [-0.2, -0.15) is 0 Å². The van der Waals surface area contributed by atoms with Crippen molar-refractivity contribution in [1.82, 2.24) is 10.2 Å². The fourth-order valence-corrected chi connectivity index (χ4v) is 3.43. The van der Waals surface area contributed by atoms with Gasteiger partial charge in [0.1, 0.15) is 11.4 Å². The number of carbonyl (C=O) groups is 1. The minimum absolute atomic E-state index is 0.492. The molecule has 1 heterocycles. The number of carbonyl (C=O) groups excluding carboxylic acids is 1. The van der Waals surface area contributed by atoms with Crippen LogP contribution in [0.15, 0.2) is 23.2 Å². The van der Waals surface area contributed by atoms with E-state index in [4.69, 9.17) is 14.5 Å². The Morgan fingerprint density at radius 1 is 1.33 bits per heavy atom. The van der Waals surface area contributed by atoms with Gasteiger partial charge in [-0.3, -0.25) is 0 Å². The molecule has 2 N–H and O–H groups in total. The van der Waals surface area contributed by atoms with Gasteiger partial charge in [-0.05, 0) is 51.0 Å². The van der Waals surface area contributed by atoms with Crippen LogP contribution in [0.25, 0.3) is 0 Å². The summed E-state index contributed by atoms with van der Waals surface area (Å²) < 4.78 is 10.7. The van der Waals surface area contributed by atoms with Crippen molar-refractivity contribution < 1.29 is 19.4 Å². The number of morpholine rings is 1. The molecule has 0 radical (unpaired) electrons. The molecule has 1 aliphatic heterocycles. The summed E-state index contributed by atoms with van der Waals surface area (Å²) in [5.41, 5.74) is 2.14. The third-order valence-corrected chi connectivity index (χ3v) is 4.71. The van der Waals surface area contributed by atoms with E-state index >= 15 is 0 Å². The lowest BCUT2D eigenvalue weighted by Gasteiger charge is -2.28. The van der Waals surface area contributed by atoms with E-state index < -0.39 is 23.8 Å². The number of aliphatic hydroxyl groups excluding tert-OH is 1. The Bertz CT molecular complexity index is 720. The second kappa shape index (κ2) is 7.86. The molecule has 1 fully saturated rings. The Hall–Kier alpha value is -2.12. The number of nitrogens with zero attached hydrogens (tertiary/aromatic N) is 2. The fraction of sp³-hybridized carbons (Fsp3) is 0.600. The second-order valence-corrected chi connectivity index (χ2v) is 8.04. The highest BCUT2D eigenvalue weighted by molar-refractivity contribution is 5.82. The van der Waals surface area contributed by atoms with Crippen LogP contribution in [-0.4, -0.2) is 59.9 Å². The molecule has 0 spiro atoms. The van der Waals surface area contributed by atoms with E-state index in [0.717, 1.165) is 35.7 Å². The molecule has 2 aliphatic rings. The summed E-state index contributed by atoms with van der Waals surface area (Å²) in [7, 11) is 0. The van der Waals surface area contributed by atoms with E-state index in [-0.39, 0.29) is 0 Å². The summed E-state index contributed by atoms with van der Waals surface area (Å²) in [6.07, 6.45) is -0.702. The number of ether oxygens (including phenoxy) is 2. The van der Waals surface area contributed by atoms with Crippen molar-refractivity contribution in [3.05, 3.63) is 29.3 Å². The molecule has 1 amide bonds. The maximum Gasteiger partial charge on any atom is 0.408 e. The predicted molar refractivity (Wildman–Crippen MR) is 103 cm³/mol. The van der Waals surface area contributed by atoms with Gasteiger partial charge in [-0.1, -0.05) is 6.07 Å². The maximum atomic E-state index is 12.1. The number of rotatable bonds is 2. The summed E-state index contributed by atoms with van der Waals surface area (Å²) in [5, 5.41) is 13.2. The molecule has 0 saturated carbocycles. The van der Waals surface area contributed by atoms with Gasteiger partial charge in [0.15, 0.2) is 0 Å². The largest absolute Gasteiger partial charge is 0.444 e. The number of hydrogen-bond donors (Lipinski definition) is 2.